The van der Waals surface area contributed by atoms with Gasteiger partial charge in [0.05, 0.1) is 52.1 Å². The molecule has 0 saturated carbocycles. The summed E-state index contributed by atoms with van der Waals surface area (Å²) in [5.41, 5.74) is 0. The van der Waals surface area contributed by atoms with Gasteiger partial charge in [0.1, 0.15) is 0 Å². The number of alkyl halides is 12. The lowest BCUT2D eigenvalue weighted by Crippen LogP contribution is -2.13. The molecule has 0 aromatic heterocycles. The molecule has 14 nitrogen and oxygen atoms in total. The van der Waals surface area contributed by atoms with Gasteiger partial charge in [-0.1, -0.05) is 4.57 Å². The van der Waals surface area contributed by atoms with Crippen molar-refractivity contribution in [2.24, 2.45) is 0 Å². The Kier molecular flexibility index (Phi) is 23.7. The van der Waals surface area contributed by atoms with Crippen molar-refractivity contribution in [3.8, 4) is 0 Å². The van der Waals surface area contributed by atoms with E-state index in [0.717, 1.165) is 0 Å². The first-order valence-corrected chi connectivity index (χ1v) is 16.0. The zero-order valence-corrected chi connectivity index (χ0v) is 23.5. The van der Waals surface area contributed by atoms with Gasteiger partial charge < -0.3 is 24.7 Å². The van der Waals surface area contributed by atoms with Gasteiger partial charge in [-0.05, 0) is 0 Å². The van der Waals surface area contributed by atoms with Gasteiger partial charge >= 0.3 is 55.4 Å². The lowest BCUT2D eigenvalue weighted by molar-refractivity contribution is -0.160. The Bertz CT molecular complexity index is 856. The molecule has 1 atom stereocenters. The monoisotopic (exact) mass is 742 g/mol. The maximum absolute atomic E-state index is 11.6. The van der Waals surface area contributed by atoms with E-state index in [4.69, 9.17) is 29.6 Å². The second-order valence-electron chi connectivity index (χ2n) is 6.39. The maximum Gasteiger partial charge on any atom is 0.561 e. The van der Waals surface area contributed by atoms with Crippen LogP contribution < -0.4 is 4.89 Å². The van der Waals surface area contributed by atoms with Crippen LogP contribution in [0.25, 0.3) is 0 Å². The number of rotatable bonds is 11. The van der Waals surface area contributed by atoms with E-state index < -0.39 is 107 Å². The fourth-order valence-electron chi connectivity index (χ4n) is 0.998. The third-order valence-electron chi connectivity index (χ3n) is 2.53. The largest absolute Gasteiger partial charge is 0.588 e. The van der Waals surface area contributed by atoms with Crippen LogP contribution in [0.5, 0.6) is 0 Å². The van der Waals surface area contributed by atoms with E-state index in [1.807, 2.05) is 0 Å². The average Bonchev–Trinajstić information content (AvgIpc) is 2.63. The van der Waals surface area contributed by atoms with Crippen LogP contribution in [0.1, 0.15) is 25.7 Å². The van der Waals surface area contributed by atoms with Crippen molar-refractivity contribution in [1.82, 2.24) is 0 Å². The quantitative estimate of drug-likeness (QED) is 0.129. The molecule has 0 spiro atoms. The predicted octanol–water partition coefficient (Wildman–Crippen LogP) is 4.19. The van der Waals surface area contributed by atoms with Gasteiger partial charge in [0.25, 0.3) is 0 Å². The number of phosphoric acid groups is 2. The van der Waals surface area contributed by atoms with Crippen molar-refractivity contribution in [3.63, 3.8) is 0 Å². The number of aliphatic hydroxyl groups excluding tert-OH is 1. The van der Waals surface area contributed by atoms with Crippen LogP contribution in [0.15, 0.2) is 0 Å². The Balaban J connectivity index is -0.000000248. The molecule has 42 heavy (non-hydrogen) atoms. The summed E-state index contributed by atoms with van der Waals surface area (Å²) in [4.78, 5) is 49.1. The van der Waals surface area contributed by atoms with Crippen LogP contribution in [0.3, 0.4) is 0 Å². The topological polar surface area (TPSA) is 240 Å². The summed E-state index contributed by atoms with van der Waals surface area (Å²) in [5.74, 6) is 0. The van der Waals surface area contributed by atoms with Crippen molar-refractivity contribution in [2.45, 2.75) is 50.4 Å². The van der Waals surface area contributed by atoms with Gasteiger partial charge in [0.15, 0.2) is 0 Å². The van der Waals surface area contributed by atoms with E-state index in [2.05, 4.69) is 13.6 Å². The van der Waals surface area contributed by atoms with Crippen molar-refractivity contribution >= 4 is 30.6 Å². The SMILES string of the molecule is O=P(O)(O)OCCC(F)(F)F.O=P(O)(OCCC(F)(F)F)OCCC(F)(F)F.O=[P+]([O-])P(=O)(O)O.OCCC(F)(F)F. The Morgan fingerprint density at radius 1 is 0.571 bits per heavy atom. The summed E-state index contributed by atoms with van der Waals surface area (Å²) >= 11 is 0. The summed E-state index contributed by atoms with van der Waals surface area (Å²) in [5, 5.41) is 7.68. The van der Waals surface area contributed by atoms with Gasteiger partial charge in [0.2, 0.25) is 0 Å². The molecule has 30 heteroatoms. The Morgan fingerprint density at radius 2 is 0.810 bits per heavy atom. The van der Waals surface area contributed by atoms with E-state index >= 15 is 0 Å². The third kappa shape index (κ3) is 52.2. The van der Waals surface area contributed by atoms with Gasteiger partial charge in [0, 0.05) is 0 Å². The first kappa shape index (κ1) is 48.5. The molecule has 0 aliphatic heterocycles. The van der Waals surface area contributed by atoms with Gasteiger partial charge in [-0.3, -0.25) is 23.4 Å². The fraction of sp³-hybridized carbons (Fsp3) is 1.00. The van der Waals surface area contributed by atoms with Crippen molar-refractivity contribution in [1.29, 1.82) is 0 Å². The number of phosphoric ester groups is 2. The van der Waals surface area contributed by atoms with Gasteiger partial charge in [-0.2, -0.15) is 52.7 Å². The highest BCUT2D eigenvalue weighted by Crippen LogP contribution is 2.56. The van der Waals surface area contributed by atoms with Crippen molar-refractivity contribution < 1.29 is 119 Å². The van der Waals surface area contributed by atoms with E-state index in [1.54, 1.807) is 0 Å². The minimum Gasteiger partial charge on any atom is -0.588 e. The lowest BCUT2D eigenvalue weighted by atomic mass is 10.5. The first-order chi connectivity index (χ1) is 18.1. The van der Waals surface area contributed by atoms with E-state index in [-0.39, 0.29) is 0 Å². The molecule has 1 unspecified atom stereocenters. The lowest BCUT2D eigenvalue weighted by Gasteiger charge is -2.13. The summed E-state index contributed by atoms with van der Waals surface area (Å²) in [7, 11) is -18.0. The van der Waals surface area contributed by atoms with Crippen LogP contribution in [-0.2, 0) is 31.8 Å². The smallest absolute Gasteiger partial charge is 0.561 e. The number of hydrogen-bond donors (Lipinski definition) is 6. The Morgan fingerprint density at radius 3 is 0.952 bits per heavy atom. The molecule has 0 rings (SSSR count). The molecule has 258 valence electrons. The second kappa shape index (κ2) is 20.6. The number of aliphatic hydroxyl groups is 1. The molecule has 0 amide bonds. The van der Waals surface area contributed by atoms with Crippen LogP contribution in [0, 0.1) is 0 Å². The molecule has 0 bridgehead atoms. The predicted molar refractivity (Wildman–Crippen MR) is 109 cm³/mol. The fourth-order valence-corrected chi connectivity index (χ4v) is 2.05. The van der Waals surface area contributed by atoms with Crippen LogP contribution in [0.4, 0.5) is 52.7 Å². The molecule has 0 heterocycles. The Hall–Kier alpha value is -0.450. The van der Waals surface area contributed by atoms with Crippen LogP contribution in [0.2, 0.25) is 0 Å². The minimum absolute atomic E-state index is 0.816. The van der Waals surface area contributed by atoms with Crippen molar-refractivity contribution in [2.75, 3.05) is 26.4 Å². The maximum atomic E-state index is 11.6. The molecule has 6 N–H and O–H groups in total. The summed E-state index contributed by atoms with van der Waals surface area (Å²) < 4.78 is 187. The molecular weight excluding hydrogens is 720 g/mol. The van der Waals surface area contributed by atoms with Gasteiger partial charge in [-0.25, -0.2) is 13.7 Å². The first-order valence-electron chi connectivity index (χ1n) is 9.52. The van der Waals surface area contributed by atoms with E-state index in [9.17, 15) is 75.8 Å². The molecule has 0 aliphatic rings. The number of halogens is 12. The summed E-state index contributed by atoms with van der Waals surface area (Å²) in [6, 6.07) is 0. The van der Waals surface area contributed by atoms with E-state index in [1.165, 1.54) is 0 Å². The second-order valence-corrected chi connectivity index (χ2v) is 13.1. The highest BCUT2D eigenvalue weighted by molar-refractivity contribution is 8.19. The summed E-state index contributed by atoms with van der Waals surface area (Å²) in [6.07, 6.45) is -23.3. The normalized spacial score (nSPS) is 13.5. The molecule has 0 radical (unpaired) electrons. The summed E-state index contributed by atoms with van der Waals surface area (Å²) in [6.45, 7) is -4.16. The zero-order valence-electron chi connectivity index (χ0n) is 19.9. The molecular formula is C12H22F12O14P4. The van der Waals surface area contributed by atoms with E-state index in [0.29, 0.717) is 0 Å². The van der Waals surface area contributed by atoms with Crippen molar-refractivity contribution in [3.05, 3.63) is 0 Å². The molecule has 0 aromatic rings. The molecule has 0 saturated heterocycles. The third-order valence-corrected chi connectivity index (χ3v) is 5.77. The average molecular weight is 742 g/mol. The highest BCUT2D eigenvalue weighted by atomic mass is 32.1. The highest BCUT2D eigenvalue weighted by Gasteiger charge is 2.33. The molecule has 0 aliphatic carbocycles. The zero-order chi connectivity index (χ0) is 34.9. The standard InChI is InChI=1S/C6H9F6O4P.C3H6F3O4P.C3H5F3O.H2O5P2/c7-5(8,9)1-3-15-17(13,14)16-4-2-6(10,11)12;4-3(5,6)1-2-10-11(7,8)9;4-3(5,6)1-2-7;1-6(2)7(3,4)5/h1-4H2,(H,13,14);1-2H2,(H2,7,8,9);7H,1-2H2;(H2,3,4,5). The molecule has 0 aromatic carbocycles. The number of hydrogen-bond acceptors (Lipinski definition) is 9. The Labute approximate surface area is 227 Å². The molecule has 0 fully saturated rings. The van der Waals surface area contributed by atoms with Crippen LogP contribution >= 0.6 is 30.6 Å². The van der Waals surface area contributed by atoms with Gasteiger partial charge in [-0.15, -0.1) is 0 Å². The minimum atomic E-state index is -4.86. The van der Waals surface area contributed by atoms with Crippen LogP contribution in [-0.4, -0.2) is 80.7 Å².